The monoisotopic (exact) mass is 252 g/mol. The van der Waals surface area contributed by atoms with Crippen molar-refractivity contribution in [1.82, 2.24) is 10.2 Å². The molecule has 2 fully saturated rings. The highest BCUT2D eigenvalue weighted by Gasteiger charge is 2.38. The number of hydrogen-bond donors (Lipinski definition) is 1. The van der Waals surface area contributed by atoms with Gasteiger partial charge in [-0.15, -0.1) is 0 Å². The molecule has 1 N–H and O–H groups in total. The standard InChI is InChI=1S/C16H32N2/c1-5-12(3)10-18-11-15(14-7-8-14)17-9-16(18)13(4)6-2/h12-17H,5-11H2,1-4H3. The topological polar surface area (TPSA) is 15.3 Å². The van der Waals surface area contributed by atoms with Crippen molar-refractivity contribution in [2.24, 2.45) is 17.8 Å². The van der Waals surface area contributed by atoms with Gasteiger partial charge in [0.1, 0.15) is 0 Å². The van der Waals surface area contributed by atoms with E-state index in [1.54, 1.807) is 0 Å². The van der Waals surface area contributed by atoms with Crippen molar-refractivity contribution in [2.45, 2.75) is 65.5 Å². The van der Waals surface area contributed by atoms with E-state index in [-0.39, 0.29) is 0 Å². The SMILES string of the molecule is CCC(C)CN1CC(C2CC2)NCC1C(C)CC. The van der Waals surface area contributed by atoms with E-state index in [1.165, 1.54) is 45.3 Å². The Balaban J connectivity index is 1.95. The second-order valence-electron chi connectivity index (χ2n) is 6.77. The highest BCUT2D eigenvalue weighted by Crippen LogP contribution is 2.35. The molecule has 1 saturated carbocycles. The molecule has 1 aliphatic heterocycles. The Hall–Kier alpha value is -0.0800. The second kappa shape index (κ2) is 6.38. The van der Waals surface area contributed by atoms with E-state index in [0.29, 0.717) is 0 Å². The van der Waals surface area contributed by atoms with Gasteiger partial charge in [-0.2, -0.15) is 0 Å². The molecule has 0 aromatic carbocycles. The van der Waals surface area contributed by atoms with Crippen LogP contribution in [0.3, 0.4) is 0 Å². The van der Waals surface area contributed by atoms with Crippen LogP contribution in [-0.2, 0) is 0 Å². The molecule has 0 aromatic rings. The summed E-state index contributed by atoms with van der Waals surface area (Å²) in [6.45, 7) is 13.3. The lowest BCUT2D eigenvalue weighted by molar-refractivity contribution is 0.0719. The molecule has 0 radical (unpaired) electrons. The van der Waals surface area contributed by atoms with Gasteiger partial charge in [-0.05, 0) is 30.6 Å². The summed E-state index contributed by atoms with van der Waals surface area (Å²) in [5.41, 5.74) is 0. The summed E-state index contributed by atoms with van der Waals surface area (Å²) < 4.78 is 0. The van der Waals surface area contributed by atoms with Gasteiger partial charge >= 0.3 is 0 Å². The number of piperazine rings is 1. The van der Waals surface area contributed by atoms with E-state index in [1.807, 2.05) is 0 Å². The molecule has 2 aliphatic rings. The van der Waals surface area contributed by atoms with Crippen LogP contribution in [0, 0.1) is 17.8 Å². The van der Waals surface area contributed by atoms with Crippen molar-refractivity contribution in [1.29, 1.82) is 0 Å². The fourth-order valence-corrected chi connectivity index (χ4v) is 3.24. The van der Waals surface area contributed by atoms with E-state index in [4.69, 9.17) is 0 Å². The zero-order valence-corrected chi connectivity index (χ0v) is 12.8. The Labute approximate surface area is 114 Å². The average Bonchev–Trinajstić information content (AvgIpc) is 3.22. The molecular formula is C16H32N2. The van der Waals surface area contributed by atoms with Gasteiger partial charge in [-0.3, -0.25) is 4.90 Å². The van der Waals surface area contributed by atoms with E-state index >= 15 is 0 Å². The lowest BCUT2D eigenvalue weighted by atomic mass is 9.92. The van der Waals surface area contributed by atoms with E-state index in [2.05, 4.69) is 37.9 Å². The Morgan fingerprint density at radius 3 is 2.44 bits per heavy atom. The maximum atomic E-state index is 3.83. The summed E-state index contributed by atoms with van der Waals surface area (Å²) in [6.07, 6.45) is 5.54. The van der Waals surface area contributed by atoms with Crippen LogP contribution in [-0.4, -0.2) is 36.6 Å². The van der Waals surface area contributed by atoms with E-state index in [9.17, 15) is 0 Å². The van der Waals surface area contributed by atoms with Gasteiger partial charge in [-0.1, -0.05) is 40.5 Å². The predicted molar refractivity (Wildman–Crippen MR) is 78.8 cm³/mol. The molecule has 0 spiro atoms. The summed E-state index contributed by atoms with van der Waals surface area (Å²) in [5.74, 6) is 2.65. The van der Waals surface area contributed by atoms with Crippen molar-refractivity contribution in [3.63, 3.8) is 0 Å². The molecule has 1 saturated heterocycles. The van der Waals surface area contributed by atoms with Crippen molar-refractivity contribution < 1.29 is 0 Å². The second-order valence-corrected chi connectivity index (χ2v) is 6.77. The Morgan fingerprint density at radius 1 is 1.17 bits per heavy atom. The summed E-state index contributed by atoms with van der Waals surface area (Å²) in [4.78, 5) is 2.81. The molecule has 4 unspecified atom stereocenters. The molecule has 2 nitrogen and oxygen atoms in total. The molecule has 0 bridgehead atoms. The van der Waals surface area contributed by atoms with Gasteiger partial charge in [0, 0.05) is 31.7 Å². The van der Waals surface area contributed by atoms with Crippen molar-refractivity contribution >= 4 is 0 Å². The number of hydrogen-bond acceptors (Lipinski definition) is 2. The summed E-state index contributed by atoms with van der Waals surface area (Å²) in [7, 11) is 0. The average molecular weight is 252 g/mol. The van der Waals surface area contributed by atoms with Crippen molar-refractivity contribution in [3.05, 3.63) is 0 Å². The number of nitrogens with one attached hydrogen (secondary N) is 1. The van der Waals surface area contributed by atoms with Gasteiger partial charge in [0.15, 0.2) is 0 Å². The lowest BCUT2D eigenvalue weighted by Gasteiger charge is -2.44. The van der Waals surface area contributed by atoms with Gasteiger partial charge in [0.2, 0.25) is 0 Å². The van der Waals surface area contributed by atoms with Gasteiger partial charge in [0.05, 0.1) is 0 Å². The van der Waals surface area contributed by atoms with Crippen LogP contribution in [0.1, 0.15) is 53.4 Å². The lowest BCUT2D eigenvalue weighted by Crippen LogP contribution is -2.59. The molecule has 106 valence electrons. The largest absolute Gasteiger partial charge is 0.311 e. The minimum atomic E-state index is 0.763. The van der Waals surface area contributed by atoms with Crippen molar-refractivity contribution in [2.75, 3.05) is 19.6 Å². The van der Waals surface area contributed by atoms with Gasteiger partial charge in [-0.25, -0.2) is 0 Å². The number of rotatable bonds is 6. The van der Waals surface area contributed by atoms with Crippen LogP contribution in [0.2, 0.25) is 0 Å². The maximum absolute atomic E-state index is 3.83. The minimum absolute atomic E-state index is 0.763. The highest BCUT2D eigenvalue weighted by atomic mass is 15.2. The van der Waals surface area contributed by atoms with Crippen LogP contribution in [0.25, 0.3) is 0 Å². The molecule has 0 amide bonds. The van der Waals surface area contributed by atoms with E-state index in [0.717, 1.165) is 29.8 Å². The first kappa shape index (κ1) is 14.3. The fourth-order valence-electron chi connectivity index (χ4n) is 3.24. The zero-order chi connectivity index (χ0) is 13.1. The first-order valence-electron chi connectivity index (χ1n) is 8.13. The molecule has 4 atom stereocenters. The summed E-state index contributed by atoms with van der Waals surface area (Å²) in [5, 5.41) is 3.83. The van der Waals surface area contributed by atoms with Gasteiger partial charge < -0.3 is 5.32 Å². The normalized spacial score (nSPS) is 33.3. The molecule has 18 heavy (non-hydrogen) atoms. The molecule has 2 heteroatoms. The first-order valence-corrected chi connectivity index (χ1v) is 8.13. The Morgan fingerprint density at radius 2 is 1.89 bits per heavy atom. The highest BCUT2D eigenvalue weighted by molar-refractivity contribution is 4.95. The molecule has 1 heterocycles. The summed E-state index contributed by atoms with van der Waals surface area (Å²) in [6, 6.07) is 1.55. The third-order valence-electron chi connectivity index (χ3n) is 5.22. The smallest absolute Gasteiger partial charge is 0.0247 e. The zero-order valence-electron chi connectivity index (χ0n) is 12.8. The van der Waals surface area contributed by atoms with Crippen molar-refractivity contribution in [3.8, 4) is 0 Å². The fraction of sp³-hybridized carbons (Fsp3) is 1.00. The first-order chi connectivity index (χ1) is 8.65. The molecule has 1 aliphatic carbocycles. The Bertz CT molecular complexity index is 249. The van der Waals surface area contributed by atoms with E-state index < -0.39 is 0 Å². The van der Waals surface area contributed by atoms with Crippen LogP contribution in [0.5, 0.6) is 0 Å². The summed E-state index contributed by atoms with van der Waals surface area (Å²) >= 11 is 0. The quantitative estimate of drug-likeness (QED) is 0.781. The van der Waals surface area contributed by atoms with Gasteiger partial charge in [0.25, 0.3) is 0 Å². The number of nitrogens with zero attached hydrogens (tertiary/aromatic N) is 1. The third kappa shape index (κ3) is 3.48. The molecular weight excluding hydrogens is 220 g/mol. The van der Waals surface area contributed by atoms with Crippen LogP contribution in [0.4, 0.5) is 0 Å². The third-order valence-corrected chi connectivity index (χ3v) is 5.22. The minimum Gasteiger partial charge on any atom is -0.311 e. The van der Waals surface area contributed by atoms with Crippen LogP contribution < -0.4 is 5.32 Å². The maximum Gasteiger partial charge on any atom is 0.0247 e. The van der Waals surface area contributed by atoms with Crippen LogP contribution in [0.15, 0.2) is 0 Å². The van der Waals surface area contributed by atoms with Crippen LogP contribution >= 0.6 is 0 Å². The Kier molecular flexibility index (Phi) is 5.08. The molecule has 2 rings (SSSR count). The predicted octanol–water partition coefficient (Wildman–Crippen LogP) is 3.13. The molecule has 0 aromatic heterocycles.